The number of nitrogens with zero attached hydrogens (tertiary/aromatic N) is 2. The van der Waals surface area contributed by atoms with E-state index in [1.807, 2.05) is 0 Å². The van der Waals surface area contributed by atoms with Crippen molar-refractivity contribution in [3.8, 4) is 23.0 Å². The van der Waals surface area contributed by atoms with Crippen molar-refractivity contribution in [2.75, 3.05) is 35.8 Å². The third-order valence-electron chi connectivity index (χ3n) is 8.31. The Morgan fingerprint density at radius 2 is 0.886 bits per heavy atom. The number of aromatic nitrogens is 2. The SMILES string of the molecule is C.CNC(=O)c1cc(Oc2ccc(N)cc2)ccn1.CNC(=O)c1cc(Oc2ccc(NC(=O)C(=O)Nc3ccc(Cl)c(C(F)(F)F)c3)cc2)ccn1.O=C(O)C(=O)Nc1ccc(Cl)c(C(F)(F)F)c1. The van der Waals surface area contributed by atoms with Gasteiger partial charge in [0.2, 0.25) is 0 Å². The third-order valence-corrected chi connectivity index (χ3v) is 8.96. The number of nitrogens with two attached hydrogens (primary N) is 1. The number of carbonyl (C=O) groups excluding carboxylic acids is 5. The molecule has 17 nitrogen and oxygen atoms in total. The van der Waals surface area contributed by atoms with E-state index in [2.05, 4.69) is 31.2 Å². The van der Waals surface area contributed by atoms with Crippen LogP contribution in [0.3, 0.4) is 0 Å². The smallest absolute Gasteiger partial charge is 0.417 e. The van der Waals surface area contributed by atoms with Crippen molar-refractivity contribution in [1.29, 1.82) is 0 Å². The molecule has 0 bridgehead atoms. The predicted octanol–water partition coefficient (Wildman–Crippen LogP) is 9.32. The average Bonchev–Trinajstić information content (AvgIpc) is 3.31. The van der Waals surface area contributed by atoms with Crippen molar-refractivity contribution >= 4 is 81.5 Å². The third kappa shape index (κ3) is 17.0. The lowest BCUT2D eigenvalue weighted by Crippen LogP contribution is -2.29. The van der Waals surface area contributed by atoms with Gasteiger partial charge in [0.05, 0.1) is 21.2 Å². The normalized spacial score (nSPS) is 10.5. The van der Waals surface area contributed by atoms with Crippen molar-refractivity contribution in [2.24, 2.45) is 0 Å². The van der Waals surface area contributed by atoms with Crippen LogP contribution in [0, 0.1) is 0 Å². The van der Waals surface area contributed by atoms with Gasteiger partial charge in [0.25, 0.3) is 11.8 Å². The van der Waals surface area contributed by atoms with E-state index in [0.717, 1.165) is 24.3 Å². The molecule has 70 heavy (non-hydrogen) atoms. The van der Waals surface area contributed by atoms with Gasteiger partial charge in [-0.25, -0.2) is 4.79 Å². The number of benzene rings is 4. The number of pyridine rings is 2. The number of hydrogen-bond acceptors (Lipinski definition) is 11. The van der Waals surface area contributed by atoms with E-state index in [0.29, 0.717) is 46.5 Å². The lowest BCUT2D eigenvalue weighted by atomic mass is 10.2. The van der Waals surface area contributed by atoms with Gasteiger partial charge in [-0.2, -0.15) is 26.3 Å². The molecular formula is C45H38Cl2F6N8O9. The van der Waals surface area contributed by atoms with Crippen molar-refractivity contribution in [2.45, 2.75) is 19.8 Å². The van der Waals surface area contributed by atoms with E-state index in [-0.39, 0.29) is 42.0 Å². The Labute approximate surface area is 403 Å². The summed E-state index contributed by atoms with van der Waals surface area (Å²) >= 11 is 10.9. The van der Waals surface area contributed by atoms with Gasteiger partial charge in [-0.15, -0.1) is 0 Å². The first-order valence-electron chi connectivity index (χ1n) is 19.0. The van der Waals surface area contributed by atoms with Crippen LogP contribution in [0.5, 0.6) is 23.0 Å². The molecule has 0 saturated heterocycles. The highest BCUT2D eigenvalue weighted by Crippen LogP contribution is 2.37. The Morgan fingerprint density at radius 1 is 0.529 bits per heavy atom. The van der Waals surface area contributed by atoms with Gasteiger partial charge >= 0.3 is 36.0 Å². The first kappa shape index (κ1) is 55.9. The Balaban J connectivity index is 0.000000304. The molecule has 0 spiro atoms. The maximum absolute atomic E-state index is 12.9. The number of aliphatic carboxylic acids is 1. The van der Waals surface area contributed by atoms with Crippen LogP contribution in [0.1, 0.15) is 39.5 Å². The summed E-state index contributed by atoms with van der Waals surface area (Å²) in [4.78, 5) is 76.1. The fraction of sp³-hybridized carbons (Fsp3) is 0.111. The molecule has 0 radical (unpaired) electrons. The van der Waals surface area contributed by atoms with Gasteiger partial charge in [0.1, 0.15) is 34.4 Å². The molecule has 4 aromatic carbocycles. The molecule has 0 aliphatic carbocycles. The molecule has 5 amide bonds. The summed E-state index contributed by atoms with van der Waals surface area (Å²) in [6.07, 6.45) is -6.46. The fourth-order valence-corrected chi connectivity index (χ4v) is 5.52. The Hall–Kier alpha value is -8.44. The second kappa shape index (κ2) is 25.1. The van der Waals surface area contributed by atoms with Crippen LogP contribution in [0.15, 0.2) is 122 Å². The van der Waals surface area contributed by atoms with Crippen molar-refractivity contribution in [3.63, 3.8) is 0 Å². The Bertz CT molecular complexity index is 2840. The van der Waals surface area contributed by atoms with Gasteiger partial charge in [0, 0.05) is 61.4 Å². The number of carboxylic acid groups (broad SMARTS) is 1. The lowest BCUT2D eigenvalue weighted by molar-refractivity contribution is -0.147. The van der Waals surface area contributed by atoms with E-state index in [1.165, 1.54) is 49.8 Å². The van der Waals surface area contributed by atoms with Crippen LogP contribution in [0.4, 0.5) is 49.1 Å². The molecule has 0 saturated carbocycles. The Morgan fingerprint density at radius 3 is 1.26 bits per heavy atom. The largest absolute Gasteiger partial charge is 0.474 e. The maximum Gasteiger partial charge on any atom is 0.417 e. The quantitative estimate of drug-likeness (QED) is 0.0406. The summed E-state index contributed by atoms with van der Waals surface area (Å²) in [5, 5.41) is 18.4. The van der Waals surface area contributed by atoms with Gasteiger partial charge in [-0.05, 0) is 97.1 Å². The number of alkyl halides is 6. The maximum atomic E-state index is 12.9. The molecule has 0 aliphatic rings. The Kier molecular flexibility index (Phi) is 20.0. The summed E-state index contributed by atoms with van der Waals surface area (Å²) in [7, 11) is 3.03. The van der Waals surface area contributed by atoms with Crippen molar-refractivity contribution < 1.29 is 69.7 Å². The number of rotatable bonds is 9. The molecule has 2 heterocycles. The average molecular weight is 1020 g/mol. The van der Waals surface area contributed by atoms with Gasteiger partial charge < -0.3 is 46.9 Å². The number of carbonyl (C=O) groups is 6. The molecule has 25 heteroatoms. The molecule has 6 rings (SSSR count). The van der Waals surface area contributed by atoms with E-state index in [4.69, 9.17) is 43.5 Å². The summed E-state index contributed by atoms with van der Waals surface area (Å²) in [5.41, 5.74) is 4.14. The summed E-state index contributed by atoms with van der Waals surface area (Å²) in [6, 6.07) is 24.5. The molecule has 0 unspecified atom stereocenters. The van der Waals surface area contributed by atoms with E-state index in [1.54, 1.807) is 54.8 Å². The lowest BCUT2D eigenvalue weighted by Gasteiger charge is -2.12. The van der Waals surface area contributed by atoms with E-state index < -0.39 is 57.2 Å². The topological polar surface area (TPSA) is 253 Å². The number of carboxylic acids is 1. The number of nitrogen functional groups attached to an aromatic ring is 1. The molecule has 6 aromatic rings. The predicted molar refractivity (Wildman–Crippen MR) is 246 cm³/mol. The first-order valence-corrected chi connectivity index (χ1v) is 19.8. The standard InChI is InChI=1S/C22H16ClF3N4O4.C13H13N3O2.C9H5ClF3NO3.CH4/c1-27-19(31)18-11-15(8-9-28-18)34-14-5-2-12(3-6-14)29-20(32)21(33)30-13-4-7-17(23)16(10-13)22(24,25)26;1-15-13(17)12-8-11(6-7-16-12)18-10-4-2-9(14)3-5-10;10-6-2-1-4(14-7(15)8(16)17)3-5(6)9(11,12)13;/h2-11H,1H3,(H,27,31)(H,29,32)(H,30,33);2-8H,14H2,1H3,(H,15,17);1-3H,(H,14,15)(H,16,17);1H4. The molecule has 0 fully saturated rings. The summed E-state index contributed by atoms with van der Waals surface area (Å²) in [6.45, 7) is 0. The van der Waals surface area contributed by atoms with Crippen LogP contribution >= 0.6 is 23.2 Å². The van der Waals surface area contributed by atoms with Gasteiger partial charge in [0.15, 0.2) is 0 Å². The van der Waals surface area contributed by atoms with Crippen molar-refractivity contribution in [3.05, 3.63) is 154 Å². The number of anilines is 4. The molecule has 2 aromatic heterocycles. The number of hydrogen-bond donors (Lipinski definition) is 7. The number of ether oxygens (including phenoxy) is 2. The highest BCUT2D eigenvalue weighted by molar-refractivity contribution is 6.43. The zero-order chi connectivity index (χ0) is 51.1. The monoisotopic (exact) mass is 1020 g/mol. The molecule has 368 valence electrons. The minimum Gasteiger partial charge on any atom is -0.474 e. The summed E-state index contributed by atoms with van der Waals surface area (Å²) < 4.78 is 87.3. The van der Waals surface area contributed by atoms with Crippen LogP contribution in [-0.2, 0) is 31.5 Å². The zero-order valence-electron chi connectivity index (χ0n) is 35.3. The molecule has 0 aliphatic heterocycles. The molecule has 8 N–H and O–H groups in total. The number of nitrogens with one attached hydrogen (secondary N) is 5. The van der Waals surface area contributed by atoms with Gasteiger partial charge in [-0.1, -0.05) is 30.6 Å². The molecular weight excluding hydrogens is 981 g/mol. The highest BCUT2D eigenvalue weighted by Gasteiger charge is 2.34. The van der Waals surface area contributed by atoms with E-state index in [9.17, 15) is 55.1 Å². The highest BCUT2D eigenvalue weighted by atomic mass is 35.5. The minimum absolute atomic E-state index is 0. The van der Waals surface area contributed by atoms with Crippen molar-refractivity contribution in [1.82, 2.24) is 20.6 Å². The van der Waals surface area contributed by atoms with E-state index >= 15 is 0 Å². The van der Waals surface area contributed by atoms with Crippen LogP contribution in [0.2, 0.25) is 10.0 Å². The number of halogens is 8. The fourth-order valence-electron chi connectivity index (χ4n) is 5.07. The molecule has 0 atom stereocenters. The van der Waals surface area contributed by atoms with Crippen LogP contribution in [-0.4, -0.2) is 64.7 Å². The second-order valence-corrected chi connectivity index (χ2v) is 14.1. The zero-order valence-corrected chi connectivity index (χ0v) is 36.8. The van der Waals surface area contributed by atoms with Gasteiger partial charge in [-0.3, -0.25) is 33.9 Å². The first-order chi connectivity index (χ1) is 32.5. The second-order valence-electron chi connectivity index (χ2n) is 13.3. The summed E-state index contributed by atoms with van der Waals surface area (Å²) in [5.74, 6) is -4.20. The van der Waals surface area contributed by atoms with Crippen LogP contribution < -0.4 is 41.8 Å². The minimum atomic E-state index is -4.72. The number of amides is 5. The van der Waals surface area contributed by atoms with Crippen LogP contribution in [0.25, 0.3) is 0 Å².